The zero-order valence-corrected chi connectivity index (χ0v) is 7.10. The van der Waals surface area contributed by atoms with Crippen molar-refractivity contribution in [2.75, 3.05) is 12.5 Å². The second-order valence-corrected chi connectivity index (χ2v) is 4.36. The second kappa shape index (κ2) is 3.46. The Morgan fingerprint density at radius 1 is 1.38 bits per heavy atom. The van der Waals surface area contributed by atoms with Crippen LogP contribution in [0.3, 0.4) is 0 Å². The van der Waals surface area contributed by atoms with Gasteiger partial charge >= 0.3 is 0 Å². The number of rotatable bonds is 3. The Morgan fingerprint density at radius 2 is 1.75 bits per heavy atom. The lowest BCUT2D eigenvalue weighted by molar-refractivity contribution is 1.17. The lowest BCUT2D eigenvalue weighted by atomic mass is 10.5. The molecule has 0 aromatic heterocycles. The van der Waals surface area contributed by atoms with E-state index in [4.69, 9.17) is 6.58 Å². The van der Waals surface area contributed by atoms with E-state index in [-0.39, 0.29) is 4.08 Å². The summed E-state index contributed by atoms with van der Waals surface area (Å²) in [6.07, 6.45) is 5.84. The van der Waals surface area contributed by atoms with Crippen molar-refractivity contribution in [1.82, 2.24) is 0 Å². The van der Waals surface area contributed by atoms with E-state index in [1.54, 1.807) is 29.6 Å². The maximum absolute atomic E-state index is 5.36. The van der Waals surface area contributed by atoms with Gasteiger partial charge in [0.1, 0.15) is 0 Å². The largest absolute Gasteiger partial charge is 0.144 e. The normalized spacial score (nSPS) is 11.4. The molecular weight excluding hydrogens is 136 g/mol. The van der Waals surface area contributed by atoms with E-state index in [1.807, 2.05) is 0 Å². The van der Waals surface area contributed by atoms with Gasteiger partial charge in [-0.3, -0.25) is 0 Å². The Bertz CT molecular complexity index is 74.6. The van der Waals surface area contributed by atoms with Gasteiger partial charge in [0.15, 0.2) is 0 Å². The maximum atomic E-state index is 5.36. The molecule has 0 aliphatic rings. The molecule has 0 heterocycles. The highest BCUT2D eigenvalue weighted by molar-refractivity contribution is 8.17. The van der Waals surface area contributed by atoms with E-state index in [1.165, 1.54) is 0 Å². The zero-order chi connectivity index (χ0) is 6.62. The summed E-state index contributed by atoms with van der Waals surface area (Å²) < 4.78 is 0.111. The van der Waals surface area contributed by atoms with E-state index in [9.17, 15) is 0 Å². The first-order valence-electron chi connectivity index (χ1n) is 2.35. The summed E-state index contributed by atoms with van der Waals surface area (Å²) in [4.78, 5) is 0. The van der Waals surface area contributed by atoms with Gasteiger partial charge in [-0.15, -0.1) is 23.5 Å². The van der Waals surface area contributed by atoms with Crippen LogP contribution in [-0.2, 0) is 0 Å². The monoisotopic (exact) mass is 147 g/mol. The number of hydrogen-bond donors (Lipinski definition) is 0. The zero-order valence-electron chi connectivity index (χ0n) is 5.47. The summed E-state index contributed by atoms with van der Waals surface area (Å²) in [6, 6.07) is 0. The quantitative estimate of drug-likeness (QED) is 0.562. The Balaban J connectivity index is 3.76. The molecule has 0 N–H and O–H groups in total. The smallest absolute Gasteiger partial charge is 0.0760 e. The highest BCUT2D eigenvalue weighted by Gasteiger charge is 2.14. The SMILES string of the molecule is [CH]=CC(C)(SC)SC. The van der Waals surface area contributed by atoms with Crippen molar-refractivity contribution in [2.24, 2.45) is 0 Å². The van der Waals surface area contributed by atoms with E-state index < -0.39 is 0 Å². The molecule has 47 valence electrons. The molecule has 0 bridgehead atoms. The van der Waals surface area contributed by atoms with Crippen molar-refractivity contribution in [3.8, 4) is 0 Å². The summed E-state index contributed by atoms with van der Waals surface area (Å²) in [5.74, 6) is 0. The number of hydrogen-bond acceptors (Lipinski definition) is 2. The summed E-state index contributed by atoms with van der Waals surface area (Å²) in [7, 11) is 0. The van der Waals surface area contributed by atoms with Crippen LogP contribution in [0.1, 0.15) is 6.92 Å². The molecule has 0 atom stereocenters. The molecule has 0 spiro atoms. The van der Waals surface area contributed by atoms with Gasteiger partial charge in [0.05, 0.1) is 4.08 Å². The molecule has 2 heteroatoms. The van der Waals surface area contributed by atoms with Crippen LogP contribution >= 0.6 is 23.5 Å². The van der Waals surface area contributed by atoms with Crippen LogP contribution < -0.4 is 0 Å². The van der Waals surface area contributed by atoms with E-state index in [0.29, 0.717) is 0 Å². The Morgan fingerprint density at radius 3 is 1.75 bits per heavy atom. The van der Waals surface area contributed by atoms with Crippen molar-refractivity contribution in [2.45, 2.75) is 11.0 Å². The topological polar surface area (TPSA) is 0 Å². The number of thioether (sulfide) groups is 2. The van der Waals surface area contributed by atoms with Gasteiger partial charge in [-0.25, -0.2) is 0 Å². The van der Waals surface area contributed by atoms with Gasteiger partial charge in [-0.1, -0.05) is 12.7 Å². The summed E-state index contributed by atoms with van der Waals surface area (Å²) in [5.41, 5.74) is 0. The highest BCUT2D eigenvalue weighted by atomic mass is 32.2. The van der Waals surface area contributed by atoms with Crippen LogP contribution in [-0.4, -0.2) is 16.6 Å². The Hall–Kier alpha value is 0.440. The fourth-order valence-corrected chi connectivity index (χ4v) is 1.16. The predicted octanol–water partition coefficient (Wildman–Crippen LogP) is 2.42. The third-order valence-corrected chi connectivity index (χ3v) is 4.01. The fraction of sp³-hybridized carbons (Fsp3) is 0.667. The molecule has 1 radical (unpaired) electrons. The van der Waals surface area contributed by atoms with Gasteiger partial charge < -0.3 is 0 Å². The van der Waals surface area contributed by atoms with Crippen LogP contribution in [0.4, 0.5) is 0 Å². The van der Waals surface area contributed by atoms with Gasteiger partial charge in [0.25, 0.3) is 0 Å². The molecule has 0 aliphatic heterocycles. The lowest BCUT2D eigenvalue weighted by Crippen LogP contribution is -2.07. The van der Waals surface area contributed by atoms with Crippen LogP contribution in [0.25, 0.3) is 0 Å². The lowest BCUT2D eigenvalue weighted by Gasteiger charge is -2.18. The van der Waals surface area contributed by atoms with E-state index in [2.05, 4.69) is 19.4 Å². The van der Waals surface area contributed by atoms with Crippen LogP contribution in [0.5, 0.6) is 0 Å². The third kappa shape index (κ3) is 2.14. The molecule has 0 nitrogen and oxygen atoms in total. The van der Waals surface area contributed by atoms with Gasteiger partial charge in [-0.2, -0.15) is 0 Å². The second-order valence-electron chi connectivity index (χ2n) is 1.59. The van der Waals surface area contributed by atoms with E-state index >= 15 is 0 Å². The summed E-state index contributed by atoms with van der Waals surface area (Å²) in [5, 5.41) is 0. The molecule has 0 saturated carbocycles. The van der Waals surface area contributed by atoms with Crippen molar-refractivity contribution in [3.63, 3.8) is 0 Å². The molecule has 0 unspecified atom stereocenters. The third-order valence-electron chi connectivity index (χ3n) is 1.11. The van der Waals surface area contributed by atoms with Crippen molar-refractivity contribution >= 4 is 23.5 Å². The molecule has 0 aromatic rings. The molecule has 8 heavy (non-hydrogen) atoms. The maximum Gasteiger partial charge on any atom is 0.0760 e. The minimum atomic E-state index is 0.111. The van der Waals surface area contributed by atoms with Crippen molar-refractivity contribution < 1.29 is 0 Å². The molecular formula is C6H11S2. The summed E-state index contributed by atoms with van der Waals surface area (Å²) >= 11 is 3.51. The van der Waals surface area contributed by atoms with Crippen LogP contribution in [0.15, 0.2) is 6.08 Å². The van der Waals surface area contributed by atoms with Crippen molar-refractivity contribution in [1.29, 1.82) is 0 Å². The van der Waals surface area contributed by atoms with Crippen LogP contribution in [0, 0.1) is 6.58 Å². The average Bonchev–Trinajstić information content (AvgIpc) is 1.87. The first kappa shape index (κ1) is 8.44. The fourth-order valence-electron chi connectivity index (χ4n) is 0.219. The minimum absolute atomic E-state index is 0.111. The molecule has 0 aromatic carbocycles. The summed E-state index contributed by atoms with van der Waals surface area (Å²) in [6.45, 7) is 7.46. The molecule has 0 saturated heterocycles. The first-order chi connectivity index (χ1) is 3.68. The Labute approximate surface area is 60.1 Å². The predicted molar refractivity (Wildman–Crippen MR) is 44.3 cm³/mol. The first-order valence-corrected chi connectivity index (χ1v) is 4.80. The van der Waals surface area contributed by atoms with Crippen LogP contribution in [0.2, 0.25) is 0 Å². The minimum Gasteiger partial charge on any atom is -0.144 e. The van der Waals surface area contributed by atoms with Gasteiger partial charge in [-0.05, 0) is 19.4 Å². The Kier molecular flexibility index (Phi) is 3.65. The molecule has 0 aliphatic carbocycles. The molecule has 0 fully saturated rings. The van der Waals surface area contributed by atoms with Gasteiger partial charge in [0.2, 0.25) is 0 Å². The highest BCUT2D eigenvalue weighted by Crippen LogP contribution is 2.33. The average molecular weight is 147 g/mol. The van der Waals surface area contributed by atoms with Crippen molar-refractivity contribution in [3.05, 3.63) is 12.7 Å². The molecule has 0 rings (SSSR count). The standard InChI is InChI=1S/C6H11S2/c1-5-6(2,7-3)8-4/h1,5H,2-4H3. The molecule has 0 amide bonds. The van der Waals surface area contributed by atoms with Gasteiger partial charge in [0, 0.05) is 0 Å². The van der Waals surface area contributed by atoms with E-state index in [0.717, 1.165) is 0 Å².